The summed E-state index contributed by atoms with van der Waals surface area (Å²) >= 11 is 0. The molecule has 2 rings (SSSR count). The SMILES string of the molecule is Cc1ccc(OC[C@H](C)NC(=O)[C@@H](C)Oc2ccc(C)cc2C)cc1. The molecule has 0 unspecified atom stereocenters. The molecule has 2 aromatic rings. The average molecular weight is 341 g/mol. The minimum Gasteiger partial charge on any atom is -0.491 e. The van der Waals surface area contributed by atoms with Gasteiger partial charge in [-0.25, -0.2) is 0 Å². The fraction of sp³-hybridized carbons (Fsp3) is 0.381. The molecule has 1 N–H and O–H groups in total. The molecule has 0 saturated carbocycles. The second kappa shape index (κ2) is 8.56. The first-order valence-electron chi connectivity index (χ1n) is 8.59. The summed E-state index contributed by atoms with van der Waals surface area (Å²) in [4.78, 5) is 12.3. The van der Waals surface area contributed by atoms with E-state index >= 15 is 0 Å². The van der Waals surface area contributed by atoms with Gasteiger partial charge in [0.25, 0.3) is 5.91 Å². The van der Waals surface area contributed by atoms with E-state index in [1.807, 2.05) is 70.2 Å². The number of aryl methyl sites for hydroxylation is 3. The number of carbonyl (C=O) groups excluding carboxylic acids is 1. The molecule has 0 bridgehead atoms. The van der Waals surface area contributed by atoms with Crippen molar-refractivity contribution in [2.24, 2.45) is 0 Å². The van der Waals surface area contributed by atoms with Crippen LogP contribution in [0.4, 0.5) is 0 Å². The quantitative estimate of drug-likeness (QED) is 0.829. The van der Waals surface area contributed by atoms with Crippen molar-refractivity contribution < 1.29 is 14.3 Å². The van der Waals surface area contributed by atoms with Crippen molar-refractivity contribution in [1.82, 2.24) is 5.32 Å². The van der Waals surface area contributed by atoms with Crippen LogP contribution in [0.2, 0.25) is 0 Å². The molecule has 0 aliphatic rings. The number of carbonyl (C=O) groups is 1. The zero-order valence-corrected chi connectivity index (χ0v) is 15.6. The Hall–Kier alpha value is -2.49. The Labute approximate surface area is 150 Å². The molecule has 2 aromatic carbocycles. The molecule has 0 aromatic heterocycles. The molecule has 4 nitrogen and oxygen atoms in total. The number of benzene rings is 2. The molecular formula is C21H27NO3. The Morgan fingerprint density at radius 3 is 2.28 bits per heavy atom. The lowest BCUT2D eigenvalue weighted by Crippen LogP contribution is -2.43. The van der Waals surface area contributed by atoms with Crippen LogP contribution in [0.25, 0.3) is 0 Å². The molecule has 1 amide bonds. The molecule has 0 heterocycles. The fourth-order valence-electron chi connectivity index (χ4n) is 2.43. The minimum absolute atomic E-state index is 0.112. The Morgan fingerprint density at radius 1 is 1.00 bits per heavy atom. The van der Waals surface area contributed by atoms with Gasteiger partial charge in [-0.1, -0.05) is 35.4 Å². The first-order chi connectivity index (χ1) is 11.8. The van der Waals surface area contributed by atoms with Crippen LogP contribution in [-0.2, 0) is 4.79 Å². The van der Waals surface area contributed by atoms with Crippen LogP contribution in [0.15, 0.2) is 42.5 Å². The molecule has 0 aliphatic carbocycles. The van der Waals surface area contributed by atoms with Crippen LogP contribution < -0.4 is 14.8 Å². The molecule has 134 valence electrons. The summed E-state index contributed by atoms with van der Waals surface area (Å²) in [5.74, 6) is 1.38. The lowest BCUT2D eigenvalue weighted by Gasteiger charge is -2.20. The van der Waals surface area contributed by atoms with Gasteiger partial charge in [-0.05, 0) is 58.4 Å². The number of amides is 1. The summed E-state index contributed by atoms with van der Waals surface area (Å²) in [6, 6.07) is 13.7. The van der Waals surface area contributed by atoms with E-state index < -0.39 is 6.10 Å². The number of hydrogen-bond acceptors (Lipinski definition) is 3. The van der Waals surface area contributed by atoms with Gasteiger partial charge in [-0.15, -0.1) is 0 Å². The second-order valence-corrected chi connectivity index (χ2v) is 6.56. The predicted molar refractivity (Wildman–Crippen MR) is 100 cm³/mol. The number of ether oxygens (including phenoxy) is 2. The van der Waals surface area contributed by atoms with Gasteiger partial charge in [0.1, 0.15) is 18.1 Å². The van der Waals surface area contributed by atoms with Crippen molar-refractivity contribution in [3.63, 3.8) is 0 Å². The summed E-state index contributed by atoms with van der Waals surface area (Å²) in [5.41, 5.74) is 3.38. The topological polar surface area (TPSA) is 47.6 Å². The van der Waals surface area contributed by atoms with Gasteiger partial charge in [-0.2, -0.15) is 0 Å². The first-order valence-corrected chi connectivity index (χ1v) is 8.59. The highest BCUT2D eigenvalue weighted by Gasteiger charge is 2.18. The summed E-state index contributed by atoms with van der Waals surface area (Å²) in [6.07, 6.45) is -0.566. The van der Waals surface area contributed by atoms with E-state index in [0.29, 0.717) is 6.61 Å². The molecule has 0 aliphatic heterocycles. The maximum Gasteiger partial charge on any atom is 0.261 e. The van der Waals surface area contributed by atoms with E-state index in [2.05, 4.69) is 5.32 Å². The van der Waals surface area contributed by atoms with Crippen LogP contribution in [0, 0.1) is 20.8 Å². The van der Waals surface area contributed by atoms with E-state index in [9.17, 15) is 4.79 Å². The largest absolute Gasteiger partial charge is 0.491 e. The van der Waals surface area contributed by atoms with Crippen LogP contribution in [0.5, 0.6) is 11.5 Å². The Balaban J connectivity index is 1.82. The van der Waals surface area contributed by atoms with Gasteiger partial charge in [0.15, 0.2) is 6.10 Å². The molecule has 0 saturated heterocycles. The van der Waals surface area contributed by atoms with Crippen LogP contribution in [0.3, 0.4) is 0 Å². The van der Waals surface area contributed by atoms with Crippen molar-refractivity contribution in [1.29, 1.82) is 0 Å². The molecular weight excluding hydrogens is 314 g/mol. The van der Waals surface area contributed by atoms with Crippen molar-refractivity contribution in [2.75, 3.05) is 6.61 Å². The number of rotatable bonds is 7. The lowest BCUT2D eigenvalue weighted by molar-refractivity contribution is -0.128. The van der Waals surface area contributed by atoms with Crippen molar-refractivity contribution in [2.45, 2.75) is 46.8 Å². The van der Waals surface area contributed by atoms with E-state index in [4.69, 9.17) is 9.47 Å². The van der Waals surface area contributed by atoms with Gasteiger partial charge >= 0.3 is 0 Å². The van der Waals surface area contributed by atoms with Gasteiger partial charge in [0.05, 0.1) is 6.04 Å². The third kappa shape index (κ3) is 5.82. The first kappa shape index (κ1) is 18.8. The van der Waals surface area contributed by atoms with Crippen molar-refractivity contribution in [3.05, 3.63) is 59.2 Å². The van der Waals surface area contributed by atoms with E-state index in [1.54, 1.807) is 6.92 Å². The van der Waals surface area contributed by atoms with Crippen molar-refractivity contribution in [3.8, 4) is 11.5 Å². The molecule has 2 atom stereocenters. The smallest absolute Gasteiger partial charge is 0.261 e. The summed E-state index contributed by atoms with van der Waals surface area (Å²) in [7, 11) is 0. The molecule has 4 heteroatoms. The highest BCUT2D eigenvalue weighted by molar-refractivity contribution is 5.81. The summed E-state index contributed by atoms with van der Waals surface area (Å²) in [5, 5.41) is 2.92. The highest BCUT2D eigenvalue weighted by atomic mass is 16.5. The van der Waals surface area contributed by atoms with E-state index in [1.165, 1.54) is 11.1 Å². The number of hydrogen-bond donors (Lipinski definition) is 1. The average Bonchev–Trinajstić information content (AvgIpc) is 2.56. The number of nitrogens with one attached hydrogen (secondary N) is 1. The Morgan fingerprint density at radius 2 is 1.64 bits per heavy atom. The fourth-order valence-corrected chi connectivity index (χ4v) is 2.43. The second-order valence-electron chi connectivity index (χ2n) is 6.56. The summed E-state index contributed by atoms with van der Waals surface area (Å²) in [6.45, 7) is 10.1. The highest BCUT2D eigenvalue weighted by Crippen LogP contribution is 2.20. The van der Waals surface area contributed by atoms with Gasteiger partial charge < -0.3 is 14.8 Å². The van der Waals surface area contributed by atoms with Gasteiger partial charge in [0.2, 0.25) is 0 Å². The molecule has 0 radical (unpaired) electrons. The Kier molecular flexibility index (Phi) is 6.45. The van der Waals surface area contributed by atoms with Gasteiger partial charge in [0, 0.05) is 0 Å². The minimum atomic E-state index is -0.566. The Bertz CT molecular complexity index is 710. The van der Waals surface area contributed by atoms with Crippen molar-refractivity contribution >= 4 is 5.91 Å². The van der Waals surface area contributed by atoms with Crippen LogP contribution in [-0.4, -0.2) is 24.7 Å². The molecule has 25 heavy (non-hydrogen) atoms. The summed E-state index contributed by atoms with van der Waals surface area (Å²) < 4.78 is 11.5. The van der Waals surface area contributed by atoms with Gasteiger partial charge in [-0.3, -0.25) is 4.79 Å². The third-order valence-corrected chi connectivity index (χ3v) is 3.91. The maximum absolute atomic E-state index is 12.3. The maximum atomic E-state index is 12.3. The monoisotopic (exact) mass is 341 g/mol. The predicted octanol–water partition coefficient (Wildman–Crippen LogP) is 3.96. The van der Waals surface area contributed by atoms with E-state index in [0.717, 1.165) is 17.1 Å². The van der Waals surface area contributed by atoms with Crippen LogP contribution >= 0.6 is 0 Å². The molecule has 0 spiro atoms. The normalized spacial score (nSPS) is 13.0. The lowest BCUT2D eigenvalue weighted by atomic mass is 10.1. The van der Waals surface area contributed by atoms with E-state index in [-0.39, 0.29) is 11.9 Å². The molecule has 0 fully saturated rings. The zero-order chi connectivity index (χ0) is 18.4. The zero-order valence-electron chi connectivity index (χ0n) is 15.6. The standard InChI is InChI=1S/C21H27NO3/c1-14-6-9-19(10-7-14)24-13-17(4)22-21(23)18(5)25-20-11-8-15(2)12-16(20)3/h6-12,17-18H,13H2,1-5H3,(H,22,23)/t17-,18+/m0/s1. The van der Waals surface area contributed by atoms with Crippen LogP contribution in [0.1, 0.15) is 30.5 Å². The third-order valence-electron chi connectivity index (χ3n) is 3.91.